The second kappa shape index (κ2) is 9.08. The van der Waals surface area contributed by atoms with Crippen LogP contribution in [0.4, 0.5) is 0 Å². The molecule has 0 amide bonds. The minimum absolute atomic E-state index is 0.00553. The van der Waals surface area contributed by atoms with Crippen molar-refractivity contribution in [3.05, 3.63) is 54.0 Å². The molecule has 134 valence electrons. The second-order valence-electron chi connectivity index (χ2n) is 7.32. The molecular weight excluding hydrogens is 304 g/mol. The van der Waals surface area contributed by atoms with E-state index in [0.29, 0.717) is 11.1 Å². The summed E-state index contributed by atoms with van der Waals surface area (Å²) >= 11 is 0. The van der Waals surface area contributed by atoms with Crippen molar-refractivity contribution in [3.8, 4) is 16.9 Å². The lowest BCUT2D eigenvalue weighted by molar-refractivity contribution is 0.252. The molecule has 1 nitrogen and oxygen atoms in total. The summed E-state index contributed by atoms with van der Waals surface area (Å²) in [6, 6.07) is 7.59. The zero-order chi connectivity index (χ0) is 21.0. The fourth-order valence-corrected chi connectivity index (χ4v) is 3.97. The Kier molecular flexibility index (Phi) is 4.88. The lowest BCUT2D eigenvalue weighted by Gasteiger charge is -2.28. The van der Waals surface area contributed by atoms with Gasteiger partial charge in [-0.15, -0.1) is 0 Å². The largest absolute Gasteiger partial charge is 0.497 e. The van der Waals surface area contributed by atoms with Gasteiger partial charge in [-0.05, 0) is 53.5 Å². The summed E-state index contributed by atoms with van der Waals surface area (Å²) in [6.07, 6.45) is 10.5. The van der Waals surface area contributed by atoms with Crippen molar-refractivity contribution in [2.24, 2.45) is 11.8 Å². The molecule has 0 atom stereocenters. The maximum atomic E-state index is 8.26. The van der Waals surface area contributed by atoms with Crippen LogP contribution in [-0.4, -0.2) is 7.11 Å². The molecule has 0 aliphatic heterocycles. The van der Waals surface area contributed by atoms with E-state index in [2.05, 4.69) is 19.1 Å². The van der Waals surface area contributed by atoms with Crippen LogP contribution in [0.25, 0.3) is 11.1 Å². The minimum Gasteiger partial charge on any atom is -0.497 e. The van der Waals surface area contributed by atoms with E-state index in [1.165, 1.54) is 57.6 Å². The summed E-state index contributed by atoms with van der Waals surface area (Å²) in [5.74, 6) is 1.77. The molecule has 1 aliphatic carbocycles. The summed E-state index contributed by atoms with van der Waals surface area (Å²) in [4.78, 5) is 0. The van der Waals surface area contributed by atoms with Gasteiger partial charge in [0, 0.05) is 0 Å². The molecule has 0 aromatic heterocycles. The van der Waals surface area contributed by atoms with E-state index in [0.717, 1.165) is 18.3 Å². The van der Waals surface area contributed by atoms with Gasteiger partial charge in [0.15, 0.2) is 0 Å². The Bertz CT molecular complexity index is 795. The van der Waals surface area contributed by atoms with Gasteiger partial charge in [-0.1, -0.05) is 81.8 Å². The number of hydrogen-bond donors (Lipinski definition) is 0. The Balaban J connectivity index is 1.67. The Morgan fingerprint density at radius 3 is 2.04 bits per heavy atom. The number of ether oxygens (including phenoxy) is 1. The molecule has 0 N–H and O–H groups in total. The molecule has 0 bridgehead atoms. The van der Waals surface area contributed by atoms with Gasteiger partial charge in [-0.2, -0.15) is 0 Å². The standard InChI is InChI=1S/C24H32O/c1-3-4-19-5-7-20(8-6-19)9-10-21-11-13-22(14-12-21)23-15-17-24(25-2)18-16-23/h11-20H,3-10H2,1-2H3/i15D,16D,17D,18D. The lowest BCUT2D eigenvalue weighted by atomic mass is 9.78. The third kappa shape index (κ3) is 5.11. The normalized spacial score (nSPS) is 22.6. The fourth-order valence-electron chi connectivity index (χ4n) is 3.97. The highest BCUT2D eigenvalue weighted by atomic mass is 16.5. The molecule has 1 heteroatoms. The van der Waals surface area contributed by atoms with Crippen molar-refractivity contribution in [3.63, 3.8) is 0 Å². The fraction of sp³-hybridized carbons (Fsp3) is 0.500. The van der Waals surface area contributed by atoms with Gasteiger partial charge in [0.1, 0.15) is 5.75 Å². The highest BCUT2D eigenvalue weighted by Crippen LogP contribution is 2.34. The lowest BCUT2D eigenvalue weighted by Crippen LogP contribution is -2.15. The first-order valence-corrected chi connectivity index (χ1v) is 9.69. The van der Waals surface area contributed by atoms with Crippen molar-refractivity contribution < 1.29 is 10.2 Å². The molecule has 2 aromatic carbocycles. The van der Waals surface area contributed by atoms with E-state index in [1.807, 2.05) is 12.1 Å². The summed E-state index contributed by atoms with van der Waals surface area (Å²) in [6.45, 7) is 2.28. The third-order valence-corrected chi connectivity index (χ3v) is 5.55. The molecule has 0 heterocycles. The van der Waals surface area contributed by atoms with Gasteiger partial charge < -0.3 is 4.74 Å². The number of rotatable bonds is 7. The molecule has 3 rings (SSSR count). The van der Waals surface area contributed by atoms with Crippen molar-refractivity contribution >= 4 is 0 Å². The van der Waals surface area contributed by atoms with Crippen LogP contribution in [0, 0.1) is 11.8 Å². The Morgan fingerprint density at radius 2 is 1.48 bits per heavy atom. The van der Waals surface area contributed by atoms with Gasteiger partial charge in [0.25, 0.3) is 0 Å². The molecule has 0 spiro atoms. The van der Waals surface area contributed by atoms with Crippen LogP contribution in [0.5, 0.6) is 5.75 Å². The highest BCUT2D eigenvalue weighted by Gasteiger charge is 2.20. The average molecular weight is 341 g/mol. The Morgan fingerprint density at radius 1 is 0.880 bits per heavy atom. The molecule has 1 saturated carbocycles. The Hall–Kier alpha value is -1.76. The molecule has 2 aromatic rings. The second-order valence-corrected chi connectivity index (χ2v) is 7.32. The smallest absolute Gasteiger partial charge is 0.118 e. The van der Waals surface area contributed by atoms with Gasteiger partial charge >= 0.3 is 0 Å². The number of hydrogen-bond acceptors (Lipinski definition) is 1. The number of methoxy groups -OCH3 is 1. The molecule has 1 fully saturated rings. The maximum absolute atomic E-state index is 8.26. The number of benzene rings is 2. The zero-order valence-electron chi connectivity index (χ0n) is 19.5. The first-order chi connectivity index (χ1) is 14.0. The van der Waals surface area contributed by atoms with Crippen molar-refractivity contribution in [2.45, 2.75) is 58.3 Å². The first-order valence-electron chi connectivity index (χ1n) is 11.7. The van der Waals surface area contributed by atoms with Crippen molar-refractivity contribution in [1.29, 1.82) is 0 Å². The van der Waals surface area contributed by atoms with E-state index < -0.39 is 0 Å². The van der Waals surface area contributed by atoms with E-state index in [9.17, 15) is 0 Å². The zero-order valence-corrected chi connectivity index (χ0v) is 15.5. The Labute approximate surface area is 159 Å². The van der Waals surface area contributed by atoms with E-state index >= 15 is 0 Å². The average Bonchev–Trinajstić information content (AvgIpc) is 2.73. The van der Waals surface area contributed by atoms with Gasteiger partial charge in [-0.3, -0.25) is 0 Å². The highest BCUT2D eigenvalue weighted by molar-refractivity contribution is 5.64. The van der Waals surface area contributed by atoms with Gasteiger partial charge in [0.2, 0.25) is 0 Å². The van der Waals surface area contributed by atoms with Gasteiger partial charge in [0.05, 0.1) is 12.6 Å². The van der Waals surface area contributed by atoms with Crippen LogP contribution in [-0.2, 0) is 6.42 Å². The summed E-state index contributed by atoms with van der Waals surface area (Å²) in [7, 11) is 1.37. The molecule has 25 heavy (non-hydrogen) atoms. The molecule has 1 aliphatic rings. The first kappa shape index (κ1) is 13.4. The van der Waals surface area contributed by atoms with Crippen molar-refractivity contribution in [1.82, 2.24) is 0 Å². The van der Waals surface area contributed by atoms with E-state index in [4.69, 9.17) is 10.2 Å². The van der Waals surface area contributed by atoms with Crippen LogP contribution in [0.3, 0.4) is 0 Å². The van der Waals surface area contributed by atoms with Crippen LogP contribution in [0.15, 0.2) is 48.4 Å². The minimum atomic E-state index is -0.133. The molecule has 0 unspecified atom stereocenters. The predicted octanol–water partition coefficient (Wildman–Crippen LogP) is 6.90. The van der Waals surface area contributed by atoms with Crippen LogP contribution >= 0.6 is 0 Å². The predicted molar refractivity (Wildman–Crippen MR) is 107 cm³/mol. The number of aryl methyl sites for hydroxylation is 1. The third-order valence-electron chi connectivity index (χ3n) is 5.55. The van der Waals surface area contributed by atoms with Gasteiger partial charge in [-0.25, -0.2) is 0 Å². The van der Waals surface area contributed by atoms with Crippen LogP contribution < -0.4 is 4.74 Å². The maximum Gasteiger partial charge on any atom is 0.118 e. The van der Waals surface area contributed by atoms with E-state index in [1.54, 1.807) is 0 Å². The summed E-state index contributed by atoms with van der Waals surface area (Å²) in [5, 5.41) is 0. The monoisotopic (exact) mass is 340 g/mol. The van der Waals surface area contributed by atoms with Crippen molar-refractivity contribution in [2.75, 3.05) is 7.11 Å². The van der Waals surface area contributed by atoms with E-state index in [-0.39, 0.29) is 29.9 Å². The topological polar surface area (TPSA) is 9.23 Å². The molecular formula is C24H32O. The van der Waals surface area contributed by atoms with Crippen LogP contribution in [0.1, 0.15) is 62.9 Å². The molecule has 0 radical (unpaired) electrons. The summed E-state index contributed by atoms with van der Waals surface area (Å²) < 4.78 is 37.7. The summed E-state index contributed by atoms with van der Waals surface area (Å²) in [5.41, 5.74) is 2.32. The quantitative estimate of drug-likeness (QED) is 0.532. The SMILES string of the molecule is [2H]c1c([2H])c(-c2ccc(CCC3CCC(CCC)CC3)cc2)c([2H])c([2H])c1OC. The molecule has 0 saturated heterocycles. The van der Waals surface area contributed by atoms with Crippen LogP contribution in [0.2, 0.25) is 0 Å².